The van der Waals surface area contributed by atoms with Gasteiger partial charge in [-0.25, -0.2) is 0 Å². The van der Waals surface area contributed by atoms with E-state index in [4.69, 9.17) is 28.0 Å². The molecule has 0 aromatic heterocycles. The molecule has 0 radical (unpaired) electrons. The molecule has 1 rings (SSSR count). The Morgan fingerprint density at radius 2 is 1.58 bits per heavy atom. The second-order valence-corrected chi connectivity index (χ2v) is 3.20. The summed E-state index contributed by atoms with van der Waals surface area (Å²) in [7, 11) is 0. The number of halogens is 3. The lowest BCUT2D eigenvalue weighted by Gasteiger charge is -1.88. The molecule has 4 heteroatoms. The van der Waals surface area contributed by atoms with Crippen molar-refractivity contribution < 1.29 is 4.79 Å². The van der Waals surface area contributed by atoms with Crippen LogP contribution in [0.25, 0.3) is 0 Å². The van der Waals surface area contributed by atoms with E-state index in [1.807, 2.05) is 12.1 Å². The van der Waals surface area contributed by atoms with Gasteiger partial charge in [-0.1, -0.05) is 51.3 Å². The molecule has 0 aliphatic rings. The van der Waals surface area contributed by atoms with Gasteiger partial charge in [-0.2, -0.15) is 0 Å². The van der Waals surface area contributed by atoms with Gasteiger partial charge in [-0.05, 0) is 12.1 Å². The third-order valence-electron chi connectivity index (χ3n) is 0.887. The van der Waals surface area contributed by atoms with Crippen molar-refractivity contribution in [1.82, 2.24) is 0 Å². The van der Waals surface area contributed by atoms with E-state index < -0.39 is 0 Å². The number of rotatable bonds is 1. The fourth-order valence-electron chi connectivity index (χ4n) is 0.439. The minimum atomic E-state index is 0.451. The van der Waals surface area contributed by atoms with E-state index in [9.17, 15) is 0 Å². The molecule has 1 aromatic carbocycles. The Kier molecular flexibility index (Phi) is 7.56. The number of carbonyl (C=O) groups is 1. The molecule has 0 N–H and O–H groups in total. The lowest BCUT2D eigenvalue weighted by atomic mass is 10.4. The molecule has 0 spiro atoms. The summed E-state index contributed by atoms with van der Waals surface area (Å²) in [5.74, 6) is 0. The maximum atomic E-state index is 9.13. The van der Waals surface area contributed by atoms with Gasteiger partial charge in [0.25, 0.3) is 0 Å². The molecule has 12 heavy (non-hydrogen) atoms. The lowest BCUT2D eigenvalue weighted by molar-refractivity contribution is -0.105. The van der Waals surface area contributed by atoms with Crippen molar-refractivity contribution in [3.63, 3.8) is 0 Å². The van der Waals surface area contributed by atoms with Gasteiger partial charge < -0.3 is 4.79 Å². The van der Waals surface area contributed by atoms with Crippen LogP contribution in [0.2, 0.25) is 10.0 Å². The highest BCUT2D eigenvalue weighted by atomic mass is 79.9. The summed E-state index contributed by atoms with van der Waals surface area (Å²) in [5.41, 5.74) is 0. The van der Waals surface area contributed by atoms with E-state index in [0.717, 1.165) is 6.29 Å². The molecule has 66 valence electrons. The van der Waals surface area contributed by atoms with Crippen LogP contribution in [0.5, 0.6) is 0 Å². The smallest absolute Gasteiger partial charge is 0.130 e. The largest absolute Gasteiger partial charge is 0.302 e. The van der Waals surface area contributed by atoms with Crippen LogP contribution in [0.1, 0.15) is 0 Å². The van der Waals surface area contributed by atoms with E-state index in [2.05, 4.69) is 15.9 Å². The van der Waals surface area contributed by atoms with Crippen LogP contribution < -0.4 is 0 Å². The van der Waals surface area contributed by atoms with Crippen molar-refractivity contribution >= 4 is 45.4 Å². The molecular weight excluding hydrogens is 263 g/mol. The molecule has 0 atom stereocenters. The molecule has 0 aliphatic carbocycles. The second kappa shape index (κ2) is 7.59. The Balaban J connectivity index is 0.000000261. The van der Waals surface area contributed by atoms with Crippen LogP contribution in [0.15, 0.2) is 24.3 Å². The Morgan fingerprint density at radius 1 is 1.25 bits per heavy atom. The van der Waals surface area contributed by atoms with Gasteiger partial charge >= 0.3 is 0 Å². The molecule has 1 nitrogen and oxygen atoms in total. The molecule has 0 unspecified atom stereocenters. The van der Waals surface area contributed by atoms with Gasteiger partial charge in [0.15, 0.2) is 0 Å². The number of benzene rings is 1. The Hall–Kier alpha value is -0.0500. The lowest BCUT2D eigenvalue weighted by Crippen LogP contribution is -1.62. The van der Waals surface area contributed by atoms with Gasteiger partial charge in [-0.3, -0.25) is 0 Å². The molecule has 0 fully saturated rings. The molecule has 0 aliphatic heterocycles. The minimum absolute atomic E-state index is 0.451. The summed E-state index contributed by atoms with van der Waals surface area (Å²) in [4.78, 5) is 9.13. The zero-order valence-electron chi connectivity index (χ0n) is 6.14. The van der Waals surface area contributed by atoms with Gasteiger partial charge in [0.2, 0.25) is 0 Å². The van der Waals surface area contributed by atoms with Gasteiger partial charge in [0.1, 0.15) is 6.29 Å². The quantitative estimate of drug-likeness (QED) is 0.563. The average Bonchev–Trinajstić information content (AvgIpc) is 2.11. The Morgan fingerprint density at radius 3 is 1.75 bits per heavy atom. The first-order chi connectivity index (χ1) is 5.72. The van der Waals surface area contributed by atoms with E-state index in [1.165, 1.54) is 0 Å². The molecule has 0 saturated heterocycles. The van der Waals surface area contributed by atoms with Crippen LogP contribution >= 0.6 is 39.1 Å². The van der Waals surface area contributed by atoms with Crippen LogP contribution in [0.3, 0.4) is 0 Å². The molecule has 0 amide bonds. The van der Waals surface area contributed by atoms with Crippen LogP contribution in [-0.2, 0) is 4.79 Å². The van der Waals surface area contributed by atoms with E-state index in [0.29, 0.717) is 15.4 Å². The zero-order chi connectivity index (χ0) is 9.40. The summed E-state index contributed by atoms with van der Waals surface area (Å²) >= 11 is 14.0. The normalized spacial score (nSPS) is 8.25. The summed E-state index contributed by atoms with van der Waals surface area (Å²) in [5, 5.41) is 1.66. The molecule has 0 heterocycles. The fourth-order valence-corrected chi connectivity index (χ4v) is 0.711. The van der Waals surface area contributed by atoms with Crippen LogP contribution in [-0.4, -0.2) is 11.6 Å². The SMILES string of the molecule is Clc1ccccc1Cl.O=CCBr. The summed E-state index contributed by atoms with van der Waals surface area (Å²) in [6.07, 6.45) is 0.792. The van der Waals surface area contributed by atoms with E-state index >= 15 is 0 Å². The predicted octanol–water partition coefficient (Wildman–Crippen LogP) is 3.57. The third-order valence-corrected chi connectivity index (χ3v) is 1.91. The van der Waals surface area contributed by atoms with Crippen molar-refractivity contribution in [3.8, 4) is 0 Å². The maximum Gasteiger partial charge on any atom is 0.130 e. The standard InChI is InChI=1S/C6H4Cl2.C2H3BrO/c7-5-3-1-2-4-6(5)8;3-1-2-4/h1-4H;2H,1H2. The first-order valence-corrected chi connectivity index (χ1v) is 4.99. The van der Waals surface area contributed by atoms with Gasteiger partial charge in [0.05, 0.1) is 15.4 Å². The van der Waals surface area contributed by atoms with Gasteiger partial charge in [-0.15, -0.1) is 0 Å². The summed E-state index contributed by atoms with van der Waals surface area (Å²) < 4.78 is 0. The van der Waals surface area contributed by atoms with Crippen molar-refractivity contribution in [2.75, 3.05) is 5.33 Å². The van der Waals surface area contributed by atoms with Crippen LogP contribution in [0.4, 0.5) is 0 Å². The zero-order valence-corrected chi connectivity index (χ0v) is 9.23. The minimum Gasteiger partial charge on any atom is -0.302 e. The highest BCUT2D eigenvalue weighted by molar-refractivity contribution is 9.09. The van der Waals surface area contributed by atoms with Gasteiger partial charge in [0, 0.05) is 0 Å². The number of hydrogen-bond acceptors (Lipinski definition) is 1. The maximum absolute atomic E-state index is 9.13. The number of alkyl halides is 1. The highest BCUT2D eigenvalue weighted by Crippen LogP contribution is 2.19. The first kappa shape index (κ1) is 11.9. The summed E-state index contributed by atoms with van der Waals surface area (Å²) in [6, 6.07) is 7.19. The predicted molar refractivity (Wildman–Crippen MR) is 56.3 cm³/mol. The number of aldehydes is 1. The Labute approximate surface area is 89.8 Å². The summed E-state index contributed by atoms with van der Waals surface area (Å²) in [6.45, 7) is 0. The molecule has 0 bridgehead atoms. The van der Waals surface area contributed by atoms with Crippen molar-refractivity contribution in [2.45, 2.75) is 0 Å². The van der Waals surface area contributed by atoms with Crippen molar-refractivity contribution in [3.05, 3.63) is 34.3 Å². The highest BCUT2D eigenvalue weighted by Gasteiger charge is 1.89. The fraction of sp³-hybridized carbons (Fsp3) is 0.125. The van der Waals surface area contributed by atoms with Crippen molar-refractivity contribution in [2.24, 2.45) is 0 Å². The molecular formula is C8H7BrCl2O. The van der Waals surface area contributed by atoms with Crippen molar-refractivity contribution in [1.29, 1.82) is 0 Å². The average molecular weight is 270 g/mol. The number of carbonyl (C=O) groups excluding carboxylic acids is 1. The van der Waals surface area contributed by atoms with Crippen LogP contribution in [0, 0.1) is 0 Å². The monoisotopic (exact) mass is 268 g/mol. The number of hydrogen-bond donors (Lipinski definition) is 0. The molecule has 1 aromatic rings. The van der Waals surface area contributed by atoms with E-state index in [1.54, 1.807) is 12.1 Å². The topological polar surface area (TPSA) is 17.1 Å². The first-order valence-electron chi connectivity index (χ1n) is 3.12. The Bertz CT molecular complexity index is 219. The third kappa shape index (κ3) is 5.58. The molecule has 0 saturated carbocycles. The van der Waals surface area contributed by atoms with E-state index in [-0.39, 0.29) is 0 Å². The second-order valence-electron chi connectivity index (χ2n) is 1.74.